The number of amides is 1. The first-order valence-corrected chi connectivity index (χ1v) is 9.47. The monoisotopic (exact) mass is 385 g/mol. The summed E-state index contributed by atoms with van der Waals surface area (Å²) in [6.07, 6.45) is 0. The fraction of sp³-hybridized carbons (Fsp3) is 0.200. The number of carbonyl (C=O) groups excluding carboxylic acids is 1. The number of hydrogen-bond donors (Lipinski definition) is 2. The van der Waals surface area contributed by atoms with Crippen LogP contribution in [-0.4, -0.2) is 10.9 Å². The summed E-state index contributed by atoms with van der Waals surface area (Å²) in [5.41, 5.74) is 4.94. The second-order valence-corrected chi connectivity index (χ2v) is 7.56. The predicted octanol–water partition coefficient (Wildman–Crippen LogP) is 5.40. The number of carbonyl (C=O) groups is 1. The van der Waals surface area contributed by atoms with Gasteiger partial charge in [-0.1, -0.05) is 58.8 Å². The number of rotatable bonds is 5. The highest BCUT2D eigenvalue weighted by molar-refractivity contribution is 7.17. The zero-order chi connectivity index (χ0) is 18.7. The largest absolute Gasteiger partial charge is 0.347 e. The molecule has 0 aliphatic rings. The third-order valence-electron chi connectivity index (χ3n) is 4.02. The number of aryl methyl sites for hydroxylation is 3. The average Bonchev–Trinajstić information content (AvgIpc) is 2.97. The van der Waals surface area contributed by atoms with Crippen LogP contribution in [0.15, 0.2) is 42.5 Å². The molecule has 3 rings (SSSR count). The summed E-state index contributed by atoms with van der Waals surface area (Å²) in [6.45, 7) is 6.34. The zero-order valence-electron chi connectivity index (χ0n) is 14.9. The molecule has 6 heteroatoms. The van der Waals surface area contributed by atoms with Gasteiger partial charge in [0.15, 0.2) is 5.13 Å². The summed E-state index contributed by atoms with van der Waals surface area (Å²) in [5.74, 6) is -0.145. The Bertz CT molecular complexity index is 952. The fourth-order valence-electron chi connectivity index (χ4n) is 2.63. The Morgan fingerprint density at radius 3 is 2.65 bits per heavy atom. The summed E-state index contributed by atoms with van der Waals surface area (Å²) >= 11 is 7.48. The van der Waals surface area contributed by atoms with Gasteiger partial charge in [-0.3, -0.25) is 4.79 Å². The van der Waals surface area contributed by atoms with Crippen molar-refractivity contribution in [1.82, 2.24) is 10.3 Å². The maximum atomic E-state index is 12.5. The lowest BCUT2D eigenvalue weighted by Gasteiger charge is -2.07. The van der Waals surface area contributed by atoms with Crippen molar-refractivity contribution in [3.05, 3.63) is 74.7 Å². The minimum Gasteiger partial charge on any atom is -0.347 e. The summed E-state index contributed by atoms with van der Waals surface area (Å²) in [4.78, 5) is 17.6. The SMILES string of the molecule is Cc1ccc(Nc2nc(C)c(C(=O)NCc3ccccc3Cl)s2)c(C)c1. The quantitative estimate of drug-likeness (QED) is 0.618. The second kappa shape index (κ2) is 7.89. The molecule has 0 saturated heterocycles. The first-order valence-electron chi connectivity index (χ1n) is 8.27. The summed E-state index contributed by atoms with van der Waals surface area (Å²) in [6, 6.07) is 13.7. The molecule has 0 unspecified atom stereocenters. The lowest BCUT2D eigenvalue weighted by atomic mass is 10.1. The van der Waals surface area contributed by atoms with E-state index in [0.717, 1.165) is 16.8 Å². The molecule has 2 aromatic carbocycles. The van der Waals surface area contributed by atoms with Crippen molar-refractivity contribution in [2.75, 3.05) is 5.32 Å². The van der Waals surface area contributed by atoms with Gasteiger partial charge in [0.25, 0.3) is 5.91 Å². The Hall–Kier alpha value is -2.37. The van der Waals surface area contributed by atoms with Gasteiger partial charge >= 0.3 is 0 Å². The van der Waals surface area contributed by atoms with E-state index in [4.69, 9.17) is 11.6 Å². The maximum Gasteiger partial charge on any atom is 0.263 e. The van der Waals surface area contributed by atoms with E-state index >= 15 is 0 Å². The molecule has 1 amide bonds. The lowest BCUT2D eigenvalue weighted by Crippen LogP contribution is -2.22. The van der Waals surface area contributed by atoms with Crippen LogP contribution in [0.3, 0.4) is 0 Å². The third kappa shape index (κ3) is 4.23. The molecule has 134 valence electrons. The summed E-state index contributed by atoms with van der Waals surface area (Å²) < 4.78 is 0. The Morgan fingerprint density at radius 1 is 1.15 bits per heavy atom. The van der Waals surface area contributed by atoms with Crippen LogP contribution in [0.4, 0.5) is 10.8 Å². The van der Waals surface area contributed by atoms with Crippen LogP contribution in [0.1, 0.15) is 32.1 Å². The van der Waals surface area contributed by atoms with E-state index in [1.165, 1.54) is 16.9 Å². The first-order chi connectivity index (χ1) is 12.4. The van der Waals surface area contributed by atoms with Crippen molar-refractivity contribution in [3.63, 3.8) is 0 Å². The molecule has 0 fully saturated rings. The van der Waals surface area contributed by atoms with E-state index in [1.54, 1.807) is 0 Å². The van der Waals surface area contributed by atoms with Gasteiger partial charge in [0.05, 0.1) is 5.69 Å². The summed E-state index contributed by atoms with van der Waals surface area (Å²) in [5, 5.41) is 7.57. The molecule has 0 spiro atoms. The van der Waals surface area contributed by atoms with Crippen molar-refractivity contribution in [2.45, 2.75) is 27.3 Å². The number of aromatic nitrogens is 1. The van der Waals surface area contributed by atoms with Crippen molar-refractivity contribution in [3.8, 4) is 0 Å². The molecule has 0 bridgehead atoms. The minimum atomic E-state index is -0.145. The Balaban J connectivity index is 1.71. The van der Waals surface area contributed by atoms with Gasteiger partial charge in [0.2, 0.25) is 0 Å². The molecule has 1 aromatic heterocycles. The highest BCUT2D eigenvalue weighted by Gasteiger charge is 2.16. The maximum absolute atomic E-state index is 12.5. The van der Waals surface area contributed by atoms with Gasteiger partial charge in [0, 0.05) is 17.3 Å². The molecular formula is C20H20ClN3OS. The number of anilines is 2. The lowest BCUT2D eigenvalue weighted by molar-refractivity contribution is 0.0954. The van der Waals surface area contributed by atoms with Crippen LogP contribution < -0.4 is 10.6 Å². The van der Waals surface area contributed by atoms with Crippen molar-refractivity contribution >= 4 is 39.7 Å². The molecule has 0 aliphatic heterocycles. The first kappa shape index (κ1) is 18.4. The van der Waals surface area contributed by atoms with Crippen LogP contribution in [0, 0.1) is 20.8 Å². The molecule has 4 nitrogen and oxygen atoms in total. The van der Waals surface area contributed by atoms with Crippen molar-refractivity contribution < 1.29 is 4.79 Å². The van der Waals surface area contributed by atoms with Crippen LogP contribution in [-0.2, 0) is 6.54 Å². The normalized spacial score (nSPS) is 10.6. The standard InChI is InChI=1S/C20H20ClN3OS/c1-12-8-9-17(13(2)10-12)24-20-23-14(3)18(26-20)19(25)22-11-15-6-4-5-7-16(15)21/h4-10H,11H2,1-3H3,(H,22,25)(H,23,24). The molecule has 2 N–H and O–H groups in total. The Labute approximate surface area is 162 Å². The zero-order valence-corrected chi connectivity index (χ0v) is 16.5. The van der Waals surface area contributed by atoms with Crippen LogP contribution in [0.5, 0.6) is 0 Å². The number of thiazole rings is 1. The Morgan fingerprint density at radius 2 is 1.92 bits per heavy atom. The number of nitrogens with zero attached hydrogens (tertiary/aromatic N) is 1. The van der Waals surface area contributed by atoms with Crippen molar-refractivity contribution in [2.24, 2.45) is 0 Å². The van der Waals surface area contributed by atoms with E-state index in [9.17, 15) is 4.79 Å². The van der Waals surface area contributed by atoms with Crippen LogP contribution in [0.25, 0.3) is 0 Å². The summed E-state index contributed by atoms with van der Waals surface area (Å²) in [7, 11) is 0. The van der Waals surface area contributed by atoms with Gasteiger partial charge in [-0.05, 0) is 44.0 Å². The van der Waals surface area contributed by atoms with Crippen molar-refractivity contribution in [1.29, 1.82) is 0 Å². The molecule has 0 atom stereocenters. The number of nitrogens with one attached hydrogen (secondary N) is 2. The Kier molecular flexibility index (Phi) is 5.59. The van der Waals surface area contributed by atoms with Gasteiger partial charge < -0.3 is 10.6 Å². The molecular weight excluding hydrogens is 366 g/mol. The molecule has 1 heterocycles. The predicted molar refractivity (Wildman–Crippen MR) is 109 cm³/mol. The molecule has 0 radical (unpaired) electrons. The molecule has 3 aromatic rings. The van der Waals surface area contributed by atoms with Gasteiger partial charge in [-0.2, -0.15) is 0 Å². The number of hydrogen-bond acceptors (Lipinski definition) is 4. The highest BCUT2D eigenvalue weighted by Crippen LogP contribution is 2.28. The van der Waals surface area contributed by atoms with E-state index < -0.39 is 0 Å². The minimum absolute atomic E-state index is 0.145. The van der Waals surface area contributed by atoms with Crippen LogP contribution >= 0.6 is 22.9 Å². The number of halogens is 1. The van der Waals surface area contributed by atoms with E-state index in [0.29, 0.717) is 27.3 Å². The number of benzene rings is 2. The van der Waals surface area contributed by atoms with Gasteiger partial charge in [-0.25, -0.2) is 4.98 Å². The van der Waals surface area contributed by atoms with E-state index in [2.05, 4.69) is 28.6 Å². The van der Waals surface area contributed by atoms with Crippen LogP contribution in [0.2, 0.25) is 5.02 Å². The van der Waals surface area contributed by atoms with E-state index in [1.807, 2.05) is 50.2 Å². The molecule has 0 aliphatic carbocycles. The molecule has 26 heavy (non-hydrogen) atoms. The van der Waals surface area contributed by atoms with Gasteiger partial charge in [-0.15, -0.1) is 0 Å². The fourth-order valence-corrected chi connectivity index (χ4v) is 3.72. The van der Waals surface area contributed by atoms with Gasteiger partial charge in [0.1, 0.15) is 4.88 Å². The second-order valence-electron chi connectivity index (χ2n) is 6.15. The topological polar surface area (TPSA) is 54.0 Å². The molecule has 0 saturated carbocycles. The highest BCUT2D eigenvalue weighted by atomic mass is 35.5. The van der Waals surface area contributed by atoms with E-state index in [-0.39, 0.29) is 5.91 Å². The smallest absolute Gasteiger partial charge is 0.263 e. The third-order valence-corrected chi connectivity index (χ3v) is 5.46. The average molecular weight is 386 g/mol.